The zero-order chi connectivity index (χ0) is 11.6. The number of esters is 1. The monoisotopic (exact) mass is 218 g/mol. The zero-order valence-electron chi connectivity index (χ0n) is 8.18. The first-order chi connectivity index (χ1) is 6.93. The highest BCUT2D eigenvalue weighted by Gasteiger charge is 2.20. The molecule has 0 amide bonds. The Bertz CT molecular complexity index is 388. The molecule has 0 heterocycles. The van der Waals surface area contributed by atoms with Gasteiger partial charge in [-0.05, 0) is 26.0 Å². The van der Waals surface area contributed by atoms with E-state index >= 15 is 0 Å². The molecule has 0 bridgehead atoms. The average Bonchev–Trinajstić information content (AvgIpc) is 2.13. The maximum atomic E-state index is 13.0. The lowest BCUT2D eigenvalue weighted by molar-refractivity contribution is 0.0371. The van der Waals surface area contributed by atoms with Gasteiger partial charge in [0.05, 0.1) is 11.7 Å². The summed E-state index contributed by atoms with van der Waals surface area (Å²) in [6.45, 7) is 3.13. The number of hydrogen-bond donors (Lipinski definition) is 0. The minimum atomic E-state index is -1.67. The van der Waals surface area contributed by atoms with E-state index in [0.29, 0.717) is 6.07 Å². The van der Waals surface area contributed by atoms with E-state index in [2.05, 4.69) is 4.74 Å². The number of carbonyl (C=O) groups is 1. The van der Waals surface area contributed by atoms with Crippen LogP contribution in [-0.2, 0) is 4.74 Å². The topological polar surface area (TPSA) is 26.3 Å². The van der Waals surface area contributed by atoms with Crippen LogP contribution in [0, 0.1) is 17.5 Å². The van der Waals surface area contributed by atoms with Gasteiger partial charge in [-0.1, -0.05) is 0 Å². The Hall–Kier alpha value is -1.52. The molecule has 0 radical (unpaired) electrons. The minimum absolute atomic E-state index is 0.454. The highest BCUT2D eigenvalue weighted by Crippen LogP contribution is 2.16. The third-order valence-corrected chi connectivity index (χ3v) is 1.60. The minimum Gasteiger partial charge on any atom is -0.459 e. The van der Waals surface area contributed by atoms with E-state index in [4.69, 9.17) is 0 Å². The number of benzene rings is 1. The molecule has 0 N–H and O–H groups in total. The maximum absolute atomic E-state index is 13.0. The Morgan fingerprint density at radius 3 is 2.33 bits per heavy atom. The average molecular weight is 218 g/mol. The zero-order valence-corrected chi connectivity index (χ0v) is 8.18. The highest BCUT2D eigenvalue weighted by atomic mass is 19.2. The first-order valence-electron chi connectivity index (χ1n) is 4.28. The Morgan fingerprint density at radius 1 is 1.20 bits per heavy atom. The number of carbonyl (C=O) groups excluding carboxylic acids is 1. The third-order valence-electron chi connectivity index (χ3n) is 1.60. The van der Waals surface area contributed by atoms with Crippen LogP contribution in [0.2, 0.25) is 0 Å². The molecule has 0 unspecified atom stereocenters. The lowest BCUT2D eigenvalue weighted by atomic mass is 10.2. The molecule has 0 spiro atoms. The Balaban J connectivity index is 3.06. The van der Waals surface area contributed by atoms with Crippen LogP contribution in [0.25, 0.3) is 0 Å². The lowest BCUT2D eigenvalue weighted by Crippen LogP contribution is -2.14. The second-order valence-corrected chi connectivity index (χ2v) is 3.18. The molecule has 0 atom stereocenters. The van der Waals surface area contributed by atoms with E-state index in [1.54, 1.807) is 13.8 Å². The van der Waals surface area contributed by atoms with Crippen molar-refractivity contribution in [3.05, 3.63) is 35.1 Å². The molecule has 0 aliphatic heterocycles. The summed E-state index contributed by atoms with van der Waals surface area (Å²) >= 11 is 0. The van der Waals surface area contributed by atoms with E-state index in [1.807, 2.05) is 0 Å². The summed E-state index contributed by atoms with van der Waals surface area (Å²) in [5, 5.41) is 0. The van der Waals surface area contributed by atoms with Crippen LogP contribution < -0.4 is 0 Å². The van der Waals surface area contributed by atoms with Crippen LogP contribution in [0.1, 0.15) is 24.2 Å². The third kappa shape index (κ3) is 2.49. The molecule has 5 heteroatoms. The largest absolute Gasteiger partial charge is 0.459 e. The smallest absolute Gasteiger partial charge is 0.341 e. The molecule has 0 saturated heterocycles. The SMILES string of the molecule is CC(C)OC(=O)c1ccc(F)c(F)c1F. The van der Waals surface area contributed by atoms with Crippen molar-refractivity contribution >= 4 is 5.97 Å². The van der Waals surface area contributed by atoms with Gasteiger partial charge in [0.15, 0.2) is 17.5 Å². The predicted octanol–water partition coefficient (Wildman–Crippen LogP) is 2.67. The summed E-state index contributed by atoms with van der Waals surface area (Å²) in [6, 6.07) is 1.52. The molecule has 15 heavy (non-hydrogen) atoms. The summed E-state index contributed by atoms with van der Waals surface area (Å²) in [5.41, 5.74) is -0.609. The van der Waals surface area contributed by atoms with Crippen molar-refractivity contribution in [1.82, 2.24) is 0 Å². The predicted molar refractivity (Wildman–Crippen MR) is 46.9 cm³/mol. The number of hydrogen-bond acceptors (Lipinski definition) is 2. The van der Waals surface area contributed by atoms with Crippen LogP contribution in [-0.4, -0.2) is 12.1 Å². The standard InChI is InChI=1S/C10H9F3O2/c1-5(2)15-10(14)6-3-4-7(11)9(13)8(6)12/h3-5H,1-2H3. The van der Waals surface area contributed by atoms with Crippen LogP contribution in [0.3, 0.4) is 0 Å². The van der Waals surface area contributed by atoms with Gasteiger partial charge in [0.1, 0.15) is 0 Å². The van der Waals surface area contributed by atoms with Crippen molar-refractivity contribution in [2.45, 2.75) is 20.0 Å². The van der Waals surface area contributed by atoms with E-state index in [9.17, 15) is 18.0 Å². The van der Waals surface area contributed by atoms with Gasteiger partial charge in [0.25, 0.3) is 0 Å². The van der Waals surface area contributed by atoms with E-state index in [1.165, 1.54) is 0 Å². The molecule has 0 aliphatic carbocycles. The summed E-state index contributed by atoms with van der Waals surface area (Å²) in [7, 11) is 0. The lowest BCUT2D eigenvalue weighted by Gasteiger charge is -2.08. The maximum Gasteiger partial charge on any atom is 0.341 e. The van der Waals surface area contributed by atoms with Gasteiger partial charge in [-0.25, -0.2) is 18.0 Å². The van der Waals surface area contributed by atoms with Gasteiger partial charge >= 0.3 is 5.97 Å². The Kier molecular flexibility index (Phi) is 3.34. The summed E-state index contributed by atoms with van der Waals surface area (Å²) in [4.78, 5) is 11.2. The molecule has 0 aliphatic rings. The second kappa shape index (κ2) is 4.33. The van der Waals surface area contributed by atoms with Gasteiger partial charge in [-0.15, -0.1) is 0 Å². The van der Waals surface area contributed by atoms with E-state index < -0.39 is 35.1 Å². The van der Waals surface area contributed by atoms with Crippen molar-refractivity contribution in [1.29, 1.82) is 0 Å². The van der Waals surface area contributed by atoms with Crippen molar-refractivity contribution in [2.75, 3.05) is 0 Å². The summed E-state index contributed by atoms with van der Waals surface area (Å²) in [6.07, 6.45) is -0.454. The van der Waals surface area contributed by atoms with Gasteiger partial charge in [-0.3, -0.25) is 0 Å². The van der Waals surface area contributed by atoms with Gasteiger partial charge in [0.2, 0.25) is 0 Å². The van der Waals surface area contributed by atoms with Crippen LogP contribution in [0.5, 0.6) is 0 Å². The second-order valence-electron chi connectivity index (χ2n) is 3.18. The highest BCUT2D eigenvalue weighted by molar-refractivity contribution is 5.89. The molecular weight excluding hydrogens is 209 g/mol. The quantitative estimate of drug-likeness (QED) is 0.563. The normalized spacial score (nSPS) is 10.5. The van der Waals surface area contributed by atoms with Crippen LogP contribution in [0.4, 0.5) is 13.2 Å². The fraction of sp³-hybridized carbons (Fsp3) is 0.300. The van der Waals surface area contributed by atoms with Gasteiger partial charge < -0.3 is 4.74 Å². The fourth-order valence-electron chi connectivity index (χ4n) is 0.961. The first-order valence-corrected chi connectivity index (χ1v) is 4.28. The molecule has 1 aromatic rings. The Morgan fingerprint density at radius 2 is 1.80 bits per heavy atom. The molecule has 1 rings (SSSR count). The molecule has 2 nitrogen and oxygen atoms in total. The van der Waals surface area contributed by atoms with Crippen molar-refractivity contribution in [3.63, 3.8) is 0 Å². The van der Waals surface area contributed by atoms with Crippen molar-refractivity contribution in [2.24, 2.45) is 0 Å². The molecule has 0 aromatic heterocycles. The van der Waals surface area contributed by atoms with E-state index in [0.717, 1.165) is 6.07 Å². The van der Waals surface area contributed by atoms with Crippen LogP contribution >= 0.6 is 0 Å². The van der Waals surface area contributed by atoms with Crippen molar-refractivity contribution < 1.29 is 22.7 Å². The first kappa shape index (κ1) is 11.6. The molecule has 82 valence electrons. The number of rotatable bonds is 2. The molecular formula is C10H9F3O2. The van der Waals surface area contributed by atoms with Crippen LogP contribution in [0.15, 0.2) is 12.1 Å². The van der Waals surface area contributed by atoms with Gasteiger partial charge in [0, 0.05) is 0 Å². The van der Waals surface area contributed by atoms with Gasteiger partial charge in [-0.2, -0.15) is 0 Å². The number of halogens is 3. The van der Waals surface area contributed by atoms with E-state index in [-0.39, 0.29) is 0 Å². The summed E-state index contributed by atoms with van der Waals surface area (Å²) < 4.78 is 42.9. The van der Waals surface area contributed by atoms with Crippen molar-refractivity contribution in [3.8, 4) is 0 Å². The molecule has 1 aromatic carbocycles. The fourth-order valence-corrected chi connectivity index (χ4v) is 0.961. The number of ether oxygens (including phenoxy) is 1. The Labute approximate surface area is 84.7 Å². The molecule has 0 fully saturated rings. The summed E-state index contributed by atoms with van der Waals surface area (Å²) in [5.74, 6) is -5.55. The molecule has 0 saturated carbocycles.